The molecule has 0 spiro atoms. The fourth-order valence-electron chi connectivity index (χ4n) is 4.49. The minimum absolute atomic E-state index is 0. The van der Waals surface area contributed by atoms with E-state index in [1.54, 1.807) is 0 Å². The Morgan fingerprint density at radius 2 is 1.41 bits per heavy atom. The molecule has 0 bridgehead atoms. The molecule has 1 aliphatic heterocycles. The lowest BCUT2D eigenvalue weighted by molar-refractivity contribution is -0.136. The summed E-state index contributed by atoms with van der Waals surface area (Å²) in [6.07, 6.45) is 5.86. The van der Waals surface area contributed by atoms with Crippen molar-refractivity contribution in [2.75, 3.05) is 26.2 Å². The van der Waals surface area contributed by atoms with E-state index in [9.17, 15) is 9.59 Å². The molecule has 3 aliphatic rings. The van der Waals surface area contributed by atoms with Crippen LogP contribution in [0.2, 0.25) is 0 Å². The number of hydrogen-bond acceptors (Lipinski definition) is 3. The van der Waals surface area contributed by atoms with E-state index in [2.05, 4.69) is 43.6 Å². The molecule has 3 fully saturated rings. The Kier molecular flexibility index (Phi) is 6.89. The molecule has 2 amide bonds. The first-order valence-corrected chi connectivity index (χ1v) is 10.5. The Balaban J connectivity index is 0.00000261. The maximum atomic E-state index is 13.0. The number of nitrogens with one attached hydrogen (secondary N) is 3. The van der Waals surface area contributed by atoms with Crippen LogP contribution in [0.5, 0.6) is 0 Å². The van der Waals surface area contributed by atoms with Crippen LogP contribution in [0.3, 0.4) is 0 Å². The first-order chi connectivity index (χ1) is 12.2. The van der Waals surface area contributed by atoms with Crippen LogP contribution in [-0.2, 0) is 9.59 Å². The average molecular weight is 400 g/mol. The van der Waals surface area contributed by atoms with Crippen molar-refractivity contribution in [3.63, 3.8) is 0 Å². The third kappa shape index (κ3) is 4.79. The van der Waals surface area contributed by atoms with Crippen LogP contribution in [0, 0.1) is 28.1 Å². The van der Waals surface area contributed by atoms with Gasteiger partial charge in [0.2, 0.25) is 11.8 Å². The highest BCUT2D eigenvalue weighted by Crippen LogP contribution is 2.52. The second-order valence-electron chi connectivity index (χ2n) is 9.88. The summed E-state index contributed by atoms with van der Waals surface area (Å²) in [5, 5.41) is 9.63. The van der Waals surface area contributed by atoms with Crippen molar-refractivity contribution in [1.29, 1.82) is 0 Å². The van der Waals surface area contributed by atoms with Gasteiger partial charge in [0, 0.05) is 26.1 Å². The van der Waals surface area contributed by atoms with E-state index < -0.39 is 5.41 Å². The molecule has 0 aromatic rings. The van der Waals surface area contributed by atoms with Gasteiger partial charge in [0.1, 0.15) is 0 Å². The van der Waals surface area contributed by atoms with Gasteiger partial charge in [-0.1, -0.05) is 27.7 Å². The van der Waals surface area contributed by atoms with Gasteiger partial charge in [0.25, 0.3) is 0 Å². The molecule has 6 heteroatoms. The highest BCUT2D eigenvalue weighted by molar-refractivity contribution is 5.89. The van der Waals surface area contributed by atoms with Crippen molar-refractivity contribution in [1.82, 2.24) is 16.0 Å². The molecular formula is C21H38ClN3O2. The van der Waals surface area contributed by atoms with Gasteiger partial charge in [0.15, 0.2) is 0 Å². The number of hydrogen-bond donors (Lipinski definition) is 3. The summed E-state index contributed by atoms with van der Waals surface area (Å²) in [6.45, 7) is 11.9. The minimum atomic E-state index is -0.578. The number of amides is 2. The molecule has 1 saturated heterocycles. The lowest BCUT2D eigenvalue weighted by Crippen LogP contribution is -2.48. The van der Waals surface area contributed by atoms with E-state index in [1.807, 2.05) is 0 Å². The molecule has 1 unspecified atom stereocenters. The van der Waals surface area contributed by atoms with Gasteiger partial charge in [-0.2, -0.15) is 0 Å². The molecule has 2 saturated carbocycles. The molecule has 5 nitrogen and oxygen atoms in total. The van der Waals surface area contributed by atoms with Crippen molar-refractivity contribution < 1.29 is 9.59 Å². The second-order valence-corrected chi connectivity index (χ2v) is 9.88. The summed E-state index contributed by atoms with van der Waals surface area (Å²) in [4.78, 5) is 25.6. The zero-order valence-electron chi connectivity index (χ0n) is 17.5. The van der Waals surface area contributed by atoms with E-state index in [4.69, 9.17) is 0 Å². The van der Waals surface area contributed by atoms with Gasteiger partial charge in [0.05, 0.1) is 5.41 Å². The highest BCUT2D eigenvalue weighted by atomic mass is 35.5. The smallest absolute Gasteiger partial charge is 0.228 e. The lowest BCUT2D eigenvalue weighted by Gasteiger charge is -2.29. The predicted molar refractivity (Wildman–Crippen MR) is 111 cm³/mol. The van der Waals surface area contributed by atoms with E-state index in [0.717, 1.165) is 26.1 Å². The third-order valence-electron chi connectivity index (χ3n) is 7.70. The van der Waals surface area contributed by atoms with Gasteiger partial charge in [-0.15, -0.1) is 12.4 Å². The van der Waals surface area contributed by atoms with Gasteiger partial charge >= 0.3 is 0 Å². The Morgan fingerprint density at radius 3 is 1.81 bits per heavy atom. The summed E-state index contributed by atoms with van der Waals surface area (Å²) in [7, 11) is 0. The minimum Gasteiger partial charge on any atom is -0.356 e. The second kappa shape index (κ2) is 8.28. The van der Waals surface area contributed by atoms with Crippen LogP contribution in [0.1, 0.15) is 66.2 Å². The maximum Gasteiger partial charge on any atom is 0.228 e. The van der Waals surface area contributed by atoms with Crippen molar-refractivity contribution in [3.05, 3.63) is 0 Å². The monoisotopic (exact) mass is 399 g/mol. The SMILES string of the molecule is CC(C)C1(CNC(=O)CC2(C(=O)NCC3(C(C)C)CC3)CCNC2)CC1.Cl. The van der Waals surface area contributed by atoms with Crippen LogP contribution in [0.4, 0.5) is 0 Å². The molecule has 156 valence electrons. The number of carbonyl (C=O) groups is 2. The average Bonchev–Trinajstić information content (AvgIpc) is 3.50. The fraction of sp³-hybridized carbons (Fsp3) is 0.905. The van der Waals surface area contributed by atoms with E-state index in [0.29, 0.717) is 35.6 Å². The zero-order chi connectivity index (χ0) is 19.0. The highest BCUT2D eigenvalue weighted by Gasteiger charge is 2.49. The third-order valence-corrected chi connectivity index (χ3v) is 7.70. The molecule has 1 heterocycles. The zero-order valence-corrected chi connectivity index (χ0v) is 18.3. The van der Waals surface area contributed by atoms with Crippen LogP contribution < -0.4 is 16.0 Å². The summed E-state index contributed by atoms with van der Waals surface area (Å²) >= 11 is 0. The van der Waals surface area contributed by atoms with E-state index in [-0.39, 0.29) is 24.2 Å². The van der Waals surface area contributed by atoms with Crippen molar-refractivity contribution >= 4 is 24.2 Å². The molecule has 3 rings (SSSR count). The van der Waals surface area contributed by atoms with Crippen LogP contribution in [0.25, 0.3) is 0 Å². The fourth-order valence-corrected chi connectivity index (χ4v) is 4.49. The molecule has 1 atom stereocenters. The predicted octanol–water partition coefficient (Wildman–Crippen LogP) is 2.88. The summed E-state index contributed by atoms with van der Waals surface area (Å²) in [6, 6.07) is 0. The molecule has 0 aromatic heterocycles. The van der Waals surface area contributed by atoms with E-state index >= 15 is 0 Å². The van der Waals surface area contributed by atoms with Crippen LogP contribution in [-0.4, -0.2) is 38.0 Å². The van der Waals surface area contributed by atoms with Crippen LogP contribution >= 0.6 is 12.4 Å². The molecule has 0 radical (unpaired) electrons. The van der Waals surface area contributed by atoms with Crippen molar-refractivity contribution in [2.45, 2.75) is 66.2 Å². The first-order valence-electron chi connectivity index (χ1n) is 10.5. The Morgan fingerprint density at radius 1 is 0.889 bits per heavy atom. The van der Waals surface area contributed by atoms with Gasteiger partial charge in [-0.3, -0.25) is 9.59 Å². The number of halogens is 1. The molecular weight excluding hydrogens is 362 g/mol. The molecule has 2 aliphatic carbocycles. The van der Waals surface area contributed by atoms with Gasteiger partial charge < -0.3 is 16.0 Å². The van der Waals surface area contributed by atoms with E-state index in [1.165, 1.54) is 25.7 Å². The standard InChI is InChI=1S/C21H37N3O2.ClH/c1-15(2)19(5-6-19)13-23-17(25)11-21(9-10-22-12-21)18(26)24-14-20(7-8-20)16(3)4;/h15-16,22H,5-14H2,1-4H3,(H,23,25)(H,24,26);1H. The lowest BCUT2D eigenvalue weighted by atomic mass is 9.81. The maximum absolute atomic E-state index is 13.0. The quantitative estimate of drug-likeness (QED) is 0.558. The Bertz CT molecular complexity index is 548. The molecule has 27 heavy (non-hydrogen) atoms. The number of carbonyl (C=O) groups excluding carboxylic acids is 2. The first kappa shape index (κ1) is 22.5. The largest absolute Gasteiger partial charge is 0.356 e. The molecule has 0 aromatic carbocycles. The number of rotatable bonds is 9. The van der Waals surface area contributed by atoms with Gasteiger partial charge in [-0.25, -0.2) is 0 Å². The van der Waals surface area contributed by atoms with Crippen molar-refractivity contribution in [2.24, 2.45) is 28.1 Å². The normalized spacial score (nSPS) is 27.2. The summed E-state index contributed by atoms with van der Waals surface area (Å²) in [5.74, 6) is 1.28. The topological polar surface area (TPSA) is 70.2 Å². The van der Waals surface area contributed by atoms with Crippen LogP contribution in [0.15, 0.2) is 0 Å². The molecule has 3 N–H and O–H groups in total. The van der Waals surface area contributed by atoms with Gasteiger partial charge in [-0.05, 0) is 61.3 Å². The Hall–Kier alpha value is -0.810. The summed E-state index contributed by atoms with van der Waals surface area (Å²) < 4.78 is 0. The van der Waals surface area contributed by atoms with Crippen molar-refractivity contribution in [3.8, 4) is 0 Å². The Labute approximate surface area is 170 Å². The summed E-state index contributed by atoms with van der Waals surface area (Å²) in [5.41, 5.74) is 0.0150.